The van der Waals surface area contributed by atoms with E-state index in [1.54, 1.807) is 7.11 Å². The summed E-state index contributed by atoms with van der Waals surface area (Å²) in [6.45, 7) is 8.07. The molecule has 0 aromatic heterocycles. The summed E-state index contributed by atoms with van der Waals surface area (Å²) in [6, 6.07) is 8.26. The fraction of sp³-hybridized carbons (Fsp3) is 0.600. The maximum absolute atomic E-state index is 12.6. The summed E-state index contributed by atoms with van der Waals surface area (Å²) in [7, 11) is 1.61. The van der Waals surface area contributed by atoms with E-state index >= 15 is 0 Å². The average Bonchev–Trinajstić information content (AvgIpc) is 2.59. The number of piperidine rings is 1. The SMILES string of the molecule is COc1ccc(C(C)C)cc1C(C#N)CC(=O)N1CCC(C)CC1. The van der Waals surface area contributed by atoms with E-state index in [9.17, 15) is 10.1 Å². The fourth-order valence-electron chi connectivity index (χ4n) is 3.17. The van der Waals surface area contributed by atoms with Crippen molar-refractivity contribution in [3.05, 3.63) is 29.3 Å². The average molecular weight is 328 g/mol. The lowest BCUT2D eigenvalue weighted by Gasteiger charge is -2.31. The predicted molar refractivity (Wildman–Crippen MR) is 95.0 cm³/mol. The zero-order chi connectivity index (χ0) is 17.7. The second-order valence-electron chi connectivity index (χ2n) is 7.11. The van der Waals surface area contributed by atoms with Gasteiger partial charge in [-0.05, 0) is 36.3 Å². The monoisotopic (exact) mass is 328 g/mol. The lowest BCUT2D eigenvalue weighted by atomic mass is 9.91. The van der Waals surface area contributed by atoms with E-state index in [1.165, 1.54) is 0 Å². The van der Waals surface area contributed by atoms with Crippen molar-refractivity contribution in [3.8, 4) is 11.8 Å². The summed E-state index contributed by atoms with van der Waals surface area (Å²) in [6.07, 6.45) is 2.33. The van der Waals surface area contributed by atoms with Gasteiger partial charge in [0.1, 0.15) is 5.75 Å². The second kappa shape index (κ2) is 8.19. The number of benzene rings is 1. The Kier molecular flexibility index (Phi) is 6.25. The Morgan fingerprint density at radius 2 is 2.04 bits per heavy atom. The Morgan fingerprint density at radius 1 is 1.38 bits per heavy atom. The maximum Gasteiger partial charge on any atom is 0.224 e. The number of hydrogen-bond donors (Lipinski definition) is 0. The van der Waals surface area contributed by atoms with Crippen LogP contribution in [0.5, 0.6) is 5.75 Å². The molecule has 1 aromatic rings. The highest BCUT2D eigenvalue weighted by Gasteiger charge is 2.25. The molecule has 1 amide bonds. The van der Waals surface area contributed by atoms with Crippen LogP contribution in [0.2, 0.25) is 0 Å². The molecule has 0 spiro atoms. The van der Waals surface area contributed by atoms with Crippen LogP contribution in [-0.2, 0) is 4.79 Å². The molecule has 0 saturated carbocycles. The first kappa shape index (κ1) is 18.3. The van der Waals surface area contributed by atoms with Crippen LogP contribution in [0.1, 0.15) is 63.0 Å². The Labute approximate surface area is 145 Å². The number of amides is 1. The summed E-state index contributed by atoms with van der Waals surface area (Å²) < 4.78 is 5.43. The highest BCUT2D eigenvalue weighted by atomic mass is 16.5. The summed E-state index contributed by atoms with van der Waals surface area (Å²) in [5, 5.41) is 9.64. The van der Waals surface area contributed by atoms with Crippen LogP contribution in [0, 0.1) is 17.2 Å². The largest absolute Gasteiger partial charge is 0.496 e. The number of ether oxygens (including phenoxy) is 1. The molecule has 2 rings (SSSR count). The van der Waals surface area contributed by atoms with Gasteiger partial charge in [0.25, 0.3) is 0 Å². The zero-order valence-electron chi connectivity index (χ0n) is 15.2. The molecule has 1 aliphatic rings. The van der Waals surface area contributed by atoms with Crippen LogP contribution in [0.15, 0.2) is 18.2 Å². The van der Waals surface area contributed by atoms with Crippen molar-refractivity contribution < 1.29 is 9.53 Å². The van der Waals surface area contributed by atoms with Crippen molar-refractivity contribution >= 4 is 5.91 Å². The minimum Gasteiger partial charge on any atom is -0.496 e. The number of methoxy groups -OCH3 is 1. The molecule has 1 aliphatic heterocycles. The van der Waals surface area contributed by atoms with Gasteiger partial charge in [-0.1, -0.05) is 32.9 Å². The molecule has 0 aliphatic carbocycles. The number of likely N-dealkylation sites (tertiary alicyclic amines) is 1. The topological polar surface area (TPSA) is 53.3 Å². The number of nitriles is 1. The van der Waals surface area contributed by atoms with Gasteiger partial charge >= 0.3 is 0 Å². The third-order valence-corrected chi connectivity index (χ3v) is 4.97. The third-order valence-electron chi connectivity index (χ3n) is 4.97. The highest BCUT2D eigenvalue weighted by Crippen LogP contribution is 2.32. The van der Waals surface area contributed by atoms with E-state index in [0.29, 0.717) is 17.6 Å². The number of rotatable bonds is 5. The molecule has 0 N–H and O–H groups in total. The van der Waals surface area contributed by atoms with Gasteiger partial charge < -0.3 is 9.64 Å². The summed E-state index contributed by atoms with van der Waals surface area (Å²) in [5.41, 5.74) is 1.98. The molecule has 1 fully saturated rings. The van der Waals surface area contributed by atoms with Crippen LogP contribution < -0.4 is 4.74 Å². The first-order valence-corrected chi connectivity index (χ1v) is 8.81. The van der Waals surface area contributed by atoms with Crippen molar-refractivity contribution in [1.82, 2.24) is 4.90 Å². The molecule has 1 aromatic carbocycles. The van der Waals surface area contributed by atoms with Crippen LogP contribution in [0.25, 0.3) is 0 Å². The third kappa shape index (κ3) is 4.29. The number of carbonyl (C=O) groups excluding carboxylic acids is 1. The Hall–Kier alpha value is -2.02. The van der Waals surface area contributed by atoms with Crippen molar-refractivity contribution in [2.24, 2.45) is 5.92 Å². The predicted octanol–water partition coefficient (Wildman–Crippen LogP) is 4.07. The molecule has 0 radical (unpaired) electrons. The molecule has 4 nitrogen and oxygen atoms in total. The molecule has 130 valence electrons. The van der Waals surface area contributed by atoms with E-state index < -0.39 is 5.92 Å². The van der Waals surface area contributed by atoms with Crippen molar-refractivity contribution in [1.29, 1.82) is 5.26 Å². The first-order valence-electron chi connectivity index (χ1n) is 8.81. The molecule has 1 heterocycles. The van der Waals surface area contributed by atoms with Crippen molar-refractivity contribution in [2.75, 3.05) is 20.2 Å². The van der Waals surface area contributed by atoms with E-state index in [2.05, 4.69) is 26.8 Å². The summed E-state index contributed by atoms with van der Waals surface area (Å²) >= 11 is 0. The van der Waals surface area contributed by atoms with Gasteiger partial charge in [-0.3, -0.25) is 4.79 Å². The quantitative estimate of drug-likeness (QED) is 0.818. The molecular formula is C20H28N2O2. The Bertz CT molecular complexity index is 611. The van der Waals surface area contributed by atoms with Gasteiger partial charge in [-0.15, -0.1) is 0 Å². The first-order chi connectivity index (χ1) is 11.5. The molecule has 4 heteroatoms. The Morgan fingerprint density at radius 3 is 2.58 bits per heavy atom. The normalized spacial score (nSPS) is 16.8. The van der Waals surface area contributed by atoms with Gasteiger partial charge in [0.05, 0.1) is 19.1 Å². The molecule has 1 unspecified atom stereocenters. The van der Waals surface area contributed by atoms with Gasteiger partial charge in [0, 0.05) is 25.1 Å². The van der Waals surface area contributed by atoms with Crippen LogP contribution in [0.3, 0.4) is 0 Å². The molecule has 24 heavy (non-hydrogen) atoms. The molecular weight excluding hydrogens is 300 g/mol. The highest BCUT2D eigenvalue weighted by molar-refractivity contribution is 5.78. The molecule has 0 bridgehead atoms. The lowest BCUT2D eigenvalue weighted by molar-refractivity contribution is -0.132. The number of hydrogen-bond acceptors (Lipinski definition) is 3. The van der Waals surface area contributed by atoms with Crippen LogP contribution >= 0.6 is 0 Å². The number of nitrogens with zero attached hydrogens (tertiary/aromatic N) is 2. The fourth-order valence-corrected chi connectivity index (χ4v) is 3.17. The standard InChI is InChI=1S/C20H28N2O2/c1-14(2)16-5-6-19(24-4)18(11-16)17(13-21)12-20(23)22-9-7-15(3)8-10-22/h5-6,11,14-15,17H,7-10,12H2,1-4H3. The van der Waals surface area contributed by atoms with Crippen molar-refractivity contribution in [3.63, 3.8) is 0 Å². The minimum atomic E-state index is -0.467. The van der Waals surface area contributed by atoms with Gasteiger partial charge in [0.2, 0.25) is 5.91 Å². The van der Waals surface area contributed by atoms with Crippen LogP contribution in [0.4, 0.5) is 0 Å². The van der Waals surface area contributed by atoms with E-state index in [1.807, 2.05) is 23.1 Å². The van der Waals surface area contributed by atoms with Crippen molar-refractivity contribution in [2.45, 2.75) is 51.9 Å². The maximum atomic E-state index is 12.6. The van der Waals surface area contributed by atoms with E-state index in [-0.39, 0.29) is 12.3 Å². The zero-order valence-corrected chi connectivity index (χ0v) is 15.2. The molecule has 1 saturated heterocycles. The van der Waals surface area contributed by atoms with Crippen LogP contribution in [-0.4, -0.2) is 31.0 Å². The van der Waals surface area contributed by atoms with E-state index in [0.717, 1.165) is 37.1 Å². The van der Waals surface area contributed by atoms with Gasteiger partial charge in [-0.2, -0.15) is 5.26 Å². The van der Waals surface area contributed by atoms with E-state index in [4.69, 9.17) is 4.74 Å². The number of carbonyl (C=O) groups is 1. The Balaban J connectivity index is 2.17. The summed E-state index contributed by atoms with van der Waals surface area (Å²) in [5.74, 6) is 1.35. The lowest BCUT2D eigenvalue weighted by Crippen LogP contribution is -2.38. The summed E-state index contributed by atoms with van der Waals surface area (Å²) in [4.78, 5) is 14.5. The minimum absolute atomic E-state index is 0.0745. The second-order valence-corrected chi connectivity index (χ2v) is 7.11. The van der Waals surface area contributed by atoms with Gasteiger partial charge in [0.15, 0.2) is 0 Å². The smallest absolute Gasteiger partial charge is 0.224 e. The molecule has 1 atom stereocenters. The van der Waals surface area contributed by atoms with Gasteiger partial charge in [-0.25, -0.2) is 0 Å².